The average Bonchev–Trinajstić information content (AvgIpc) is 2.68. The Morgan fingerprint density at radius 2 is 1.61 bits per heavy atom. The van der Waals surface area contributed by atoms with E-state index in [9.17, 15) is 5.11 Å². The van der Waals surface area contributed by atoms with Crippen molar-refractivity contribution in [3.8, 4) is 0 Å². The van der Waals surface area contributed by atoms with Gasteiger partial charge >= 0.3 is 0 Å². The SMILES string of the molecule is OC1CCCCCC1NC1Cc2ccccc2C1. The molecule has 1 fully saturated rings. The van der Waals surface area contributed by atoms with E-state index in [-0.39, 0.29) is 6.10 Å². The van der Waals surface area contributed by atoms with Crippen molar-refractivity contribution in [2.24, 2.45) is 0 Å². The van der Waals surface area contributed by atoms with Gasteiger partial charge in [0, 0.05) is 12.1 Å². The molecule has 0 spiro atoms. The van der Waals surface area contributed by atoms with Gasteiger partial charge in [-0.15, -0.1) is 0 Å². The lowest BCUT2D eigenvalue weighted by Gasteiger charge is -2.25. The van der Waals surface area contributed by atoms with Gasteiger partial charge in [-0.05, 0) is 36.8 Å². The van der Waals surface area contributed by atoms with Crippen molar-refractivity contribution in [2.45, 2.75) is 63.1 Å². The van der Waals surface area contributed by atoms with Crippen molar-refractivity contribution in [1.82, 2.24) is 5.32 Å². The van der Waals surface area contributed by atoms with Gasteiger partial charge in [0.1, 0.15) is 0 Å². The van der Waals surface area contributed by atoms with Gasteiger partial charge in [0.2, 0.25) is 0 Å². The third-order valence-corrected chi connectivity index (χ3v) is 4.48. The quantitative estimate of drug-likeness (QED) is 0.784. The first kappa shape index (κ1) is 12.2. The van der Waals surface area contributed by atoms with Gasteiger partial charge in [-0.25, -0.2) is 0 Å². The molecule has 3 rings (SSSR count). The van der Waals surface area contributed by atoms with Crippen molar-refractivity contribution in [3.63, 3.8) is 0 Å². The van der Waals surface area contributed by atoms with Crippen LogP contribution in [0.4, 0.5) is 0 Å². The number of nitrogens with one attached hydrogen (secondary N) is 1. The topological polar surface area (TPSA) is 32.3 Å². The highest BCUT2D eigenvalue weighted by molar-refractivity contribution is 5.33. The molecule has 1 aromatic rings. The number of fused-ring (bicyclic) bond motifs is 1. The Hall–Kier alpha value is -0.860. The minimum Gasteiger partial charge on any atom is -0.392 e. The molecule has 0 saturated heterocycles. The van der Waals surface area contributed by atoms with Gasteiger partial charge in [-0.2, -0.15) is 0 Å². The molecular formula is C16H23NO. The Labute approximate surface area is 109 Å². The van der Waals surface area contributed by atoms with Gasteiger partial charge in [0.25, 0.3) is 0 Å². The fourth-order valence-corrected chi connectivity index (χ4v) is 3.46. The third kappa shape index (κ3) is 2.60. The lowest BCUT2D eigenvalue weighted by Crippen LogP contribution is -2.45. The lowest BCUT2D eigenvalue weighted by atomic mass is 10.0. The van der Waals surface area contributed by atoms with E-state index in [0.29, 0.717) is 12.1 Å². The summed E-state index contributed by atoms with van der Waals surface area (Å²) in [6.07, 6.45) is 7.93. The number of aliphatic hydroxyl groups is 1. The van der Waals surface area contributed by atoms with Crippen molar-refractivity contribution in [1.29, 1.82) is 0 Å². The molecule has 2 aliphatic rings. The molecule has 18 heavy (non-hydrogen) atoms. The summed E-state index contributed by atoms with van der Waals surface area (Å²) >= 11 is 0. The van der Waals surface area contributed by atoms with Crippen LogP contribution in [0.25, 0.3) is 0 Å². The smallest absolute Gasteiger partial charge is 0.0693 e. The van der Waals surface area contributed by atoms with Crippen LogP contribution in [0.2, 0.25) is 0 Å². The first-order valence-electron chi connectivity index (χ1n) is 7.34. The monoisotopic (exact) mass is 245 g/mol. The van der Waals surface area contributed by atoms with Gasteiger partial charge in [-0.1, -0.05) is 43.5 Å². The predicted octanol–water partition coefficient (Wildman–Crippen LogP) is 2.44. The second-order valence-corrected chi connectivity index (χ2v) is 5.85. The van der Waals surface area contributed by atoms with Crippen LogP contribution >= 0.6 is 0 Å². The first-order chi connectivity index (χ1) is 8.83. The fraction of sp³-hybridized carbons (Fsp3) is 0.625. The minimum absolute atomic E-state index is 0.142. The summed E-state index contributed by atoms with van der Waals surface area (Å²) < 4.78 is 0. The van der Waals surface area contributed by atoms with Crippen molar-refractivity contribution in [3.05, 3.63) is 35.4 Å². The van der Waals surface area contributed by atoms with Crippen molar-refractivity contribution < 1.29 is 5.11 Å². The van der Waals surface area contributed by atoms with E-state index in [0.717, 1.165) is 25.7 Å². The summed E-state index contributed by atoms with van der Waals surface area (Å²) in [5.74, 6) is 0. The highest BCUT2D eigenvalue weighted by Crippen LogP contribution is 2.24. The number of benzene rings is 1. The summed E-state index contributed by atoms with van der Waals surface area (Å²) in [4.78, 5) is 0. The van der Waals surface area contributed by atoms with Crippen LogP contribution in [-0.2, 0) is 12.8 Å². The van der Waals surface area contributed by atoms with Crippen molar-refractivity contribution in [2.75, 3.05) is 0 Å². The molecule has 0 aliphatic heterocycles. The van der Waals surface area contributed by atoms with Gasteiger partial charge < -0.3 is 10.4 Å². The van der Waals surface area contributed by atoms with Crippen LogP contribution in [0.15, 0.2) is 24.3 Å². The van der Waals surface area contributed by atoms with E-state index in [4.69, 9.17) is 0 Å². The summed E-state index contributed by atoms with van der Waals surface area (Å²) in [5.41, 5.74) is 2.97. The van der Waals surface area contributed by atoms with Crippen molar-refractivity contribution >= 4 is 0 Å². The maximum atomic E-state index is 10.2. The molecule has 2 aliphatic carbocycles. The maximum absolute atomic E-state index is 10.2. The molecule has 2 heteroatoms. The van der Waals surface area contributed by atoms with E-state index in [1.165, 1.54) is 30.4 Å². The number of hydrogen-bond donors (Lipinski definition) is 2. The molecule has 0 heterocycles. The Morgan fingerprint density at radius 1 is 0.944 bits per heavy atom. The predicted molar refractivity (Wildman–Crippen MR) is 73.7 cm³/mol. The van der Waals surface area contributed by atoms with E-state index in [1.54, 1.807) is 0 Å². The zero-order chi connectivity index (χ0) is 12.4. The highest BCUT2D eigenvalue weighted by Gasteiger charge is 2.27. The molecule has 2 N–H and O–H groups in total. The number of rotatable bonds is 2. The molecule has 2 nitrogen and oxygen atoms in total. The van der Waals surface area contributed by atoms with Crippen LogP contribution < -0.4 is 5.32 Å². The van der Waals surface area contributed by atoms with Crippen LogP contribution in [0.1, 0.15) is 43.2 Å². The Kier molecular flexibility index (Phi) is 3.67. The zero-order valence-corrected chi connectivity index (χ0v) is 10.9. The average molecular weight is 245 g/mol. The standard InChI is InChI=1S/C16H23NO/c18-16-9-3-1-2-8-15(16)17-14-10-12-6-4-5-7-13(12)11-14/h4-7,14-18H,1-3,8-11H2. The highest BCUT2D eigenvalue weighted by atomic mass is 16.3. The van der Waals surface area contributed by atoms with E-state index < -0.39 is 0 Å². The third-order valence-electron chi connectivity index (χ3n) is 4.48. The maximum Gasteiger partial charge on any atom is 0.0693 e. The molecule has 0 amide bonds. The first-order valence-corrected chi connectivity index (χ1v) is 7.34. The number of hydrogen-bond acceptors (Lipinski definition) is 2. The second kappa shape index (κ2) is 5.41. The van der Waals surface area contributed by atoms with E-state index >= 15 is 0 Å². The molecule has 1 saturated carbocycles. The van der Waals surface area contributed by atoms with E-state index in [2.05, 4.69) is 29.6 Å². The summed E-state index contributed by atoms with van der Waals surface area (Å²) in [7, 11) is 0. The molecule has 2 atom stereocenters. The second-order valence-electron chi connectivity index (χ2n) is 5.85. The normalized spacial score (nSPS) is 28.9. The summed E-state index contributed by atoms with van der Waals surface area (Å²) in [5, 5.41) is 13.9. The van der Waals surface area contributed by atoms with Crippen LogP contribution in [0, 0.1) is 0 Å². The van der Waals surface area contributed by atoms with Crippen LogP contribution in [0.3, 0.4) is 0 Å². The van der Waals surface area contributed by atoms with Crippen LogP contribution in [0.5, 0.6) is 0 Å². The zero-order valence-electron chi connectivity index (χ0n) is 10.9. The molecule has 0 aromatic heterocycles. The molecule has 98 valence electrons. The Morgan fingerprint density at radius 3 is 2.33 bits per heavy atom. The van der Waals surface area contributed by atoms with E-state index in [1.807, 2.05) is 0 Å². The largest absolute Gasteiger partial charge is 0.392 e. The fourth-order valence-electron chi connectivity index (χ4n) is 3.46. The van der Waals surface area contributed by atoms with Crippen LogP contribution in [-0.4, -0.2) is 23.3 Å². The van der Waals surface area contributed by atoms with Gasteiger partial charge in [0.15, 0.2) is 0 Å². The number of aliphatic hydroxyl groups excluding tert-OH is 1. The molecule has 1 aromatic carbocycles. The lowest BCUT2D eigenvalue weighted by molar-refractivity contribution is 0.114. The molecule has 0 radical (unpaired) electrons. The van der Waals surface area contributed by atoms with Gasteiger partial charge in [-0.3, -0.25) is 0 Å². The minimum atomic E-state index is -0.142. The molecule has 0 bridgehead atoms. The molecular weight excluding hydrogens is 222 g/mol. The Balaban J connectivity index is 1.61. The van der Waals surface area contributed by atoms with Gasteiger partial charge in [0.05, 0.1) is 6.10 Å². The Bertz CT molecular complexity index is 379. The summed E-state index contributed by atoms with van der Waals surface area (Å²) in [6, 6.07) is 9.57. The summed E-state index contributed by atoms with van der Waals surface area (Å²) in [6.45, 7) is 0. The molecule has 2 unspecified atom stereocenters.